The van der Waals surface area contributed by atoms with Crippen LogP contribution >= 0.6 is 12.6 Å². The molecule has 0 bridgehead atoms. The molecular weight excluding hydrogens is 288 g/mol. The lowest BCUT2D eigenvalue weighted by molar-refractivity contribution is 0.0562. The Labute approximate surface area is 132 Å². The first-order valence-electron chi connectivity index (χ1n) is 8.27. The van der Waals surface area contributed by atoms with E-state index in [2.05, 4.69) is 33.4 Å². The summed E-state index contributed by atoms with van der Waals surface area (Å²) in [6.45, 7) is 8.80. The number of rotatable bonds is 15. The van der Waals surface area contributed by atoms with Gasteiger partial charge in [-0.15, -0.1) is 0 Å². The van der Waals surface area contributed by atoms with Crippen LogP contribution in [0.25, 0.3) is 0 Å². The highest BCUT2D eigenvalue weighted by atomic mass is 32.1. The van der Waals surface area contributed by atoms with E-state index in [1.54, 1.807) is 0 Å². The Hall–Kier alpha value is 0.447. The predicted molar refractivity (Wildman–Crippen MR) is 91.6 cm³/mol. The molecule has 0 radical (unpaired) electrons. The van der Waals surface area contributed by atoms with Gasteiger partial charge in [0.1, 0.15) is 0 Å². The van der Waals surface area contributed by atoms with Crippen molar-refractivity contribution < 1.29 is 13.3 Å². The Morgan fingerprint density at radius 2 is 1.10 bits per heavy atom. The lowest BCUT2D eigenvalue weighted by atomic mass is 10.4. The van der Waals surface area contributed by atoms with Crippen molar-refractivity contribution in [2.45, 2.75) is 71.8 Å². The van der Waals surface area contributed by atoms with Gasteiger partial charge < -0.3 is 13.3 Å². The molecule has 0 aromatic carbocycles. The van der Waals surface area contributed by atoms with Crippen molar-refractivity contribution in [2.24, 2.45) is 0 Å². The van der Waals surface area contributed by atoms with Crippen LogP contribution in [0.5, 0.6) is 0 Å². The zero-order valence-corrected chi connectivity index (χ0v) is 15.6. The normalized spacial score (nSPS) is 12.0. The third kappa shape index (κ3) is 10.2. The molecule has 0 aromatic heterocycles. The maximum Gasteiger partial charge on any atom is 0.500 e. The molecule has 0 heterocycles. The van der Waals surface area contributed by atoms with Crippen LogP contribution in [0.1, 0.15) is 65.7 Å². The second-order valence-electron chi connectivity index (χ2n) is 5.12. The fourth-order valence-electron chi connectivity index (χ4n) is 1.75. The molecule has 0 unspecified atom stereocenters. The van der Waals surface area contributed by atoms with E-state index in [0.29, 0.717) is 0 Å². The van der Waals surface area contributed by atoms with Crippen LogP contribution < -0.4 is 0 Å². The molecule has 0 N–H and O–H groups in total. The summed E-state index contributed by atoms with van der Waals surface area (Å²) in [6, 6.07) is 0.896. The molecule has 0 aromatic rings. The minimum absolute atomic E-state index is 0.757. The van der Waals surface area contributed by atoms with E-state index in [-0.39, 0.29) is 0 Å². The van der Waals surface area contributed by atoms with Gasteiger partial charge in [-0.05, 0) is 31.4 Å². The molecule has 5 heteroatoms. The highest BCUT2D eigenvalue weighted by Crippen LogP contribution is 2.20. The van der Waals surface area contributed by atoms with Crippen LogP contribution in [0.2, 0.25) is 6.04 Å². The van der Waals surface area contributed by atoms with Gasteiger partial charge in [-0.2, -0.15) is 12.6 Å². The average Bonchev–Trinajstić information content (AvgIpc) is 2.46. The van der Waals surface area contributed by atoms with E-state index in [1.165, 1.54) is 0 Å². The molecule has 0 fully saturated rings. The van der Waals surface area contributed by atoms with Gasteiger partial charge in [0.05, 0.1) is 0 Å². The van der Waals surface area contributed by atoms with Crippen LogP contribution in [-0.4, -0.2) is 34.4 Å². The molecule has 0 atom stereocenters. The highest BCUT2D eigenvalue weighted by Gasteiger charge is 2.40. The Bertz CT molecular complexity index is 179. The molecule has 20 heavy (non-hydrogen) atoms. The number of hydrogen-bond acceptors (Lipinski definition) is 4. The van der Waals surface area contributed by atoms with Crippen molar-refractivity contribution in [1.29, 1.82) is 0 Å². The van der Waals surface area contributed by atoms with E-state index in [9.17, 15) is 0 Å². The van der Waals surface area contributed by atoms with E-state index >= 15 is 0 Å². The summed E-state index contributed by atoms with van der Waals surface area (Å²) >= 11 is 4.32. The lowest BCUT2D eigenvalue weighted by Crippen LogP contribution is -2.46. The van der Waals surface area contributed by atoms with Crippen LogP contribution in [0.4, 0.5) is 0 Å². The Morgan fingerprint density at radius 1 is 0.700 bits per heavy atom. The smallest absolute Gasteiger partial charge is 0.373 e. The molecule has 0 aliphatic heterocycles. The van der Waals surface area contributed by atoms with Crippen molar-refractivity contribution >= 4 is 21.4 Å². The number of thiol groups is 1. The first-order valence-corrected chi connectivity index (χ1v) is 10.8. The maximum absolute atomic E-state index is 6.13. The zero-order valence-electron chi connectivity index (χ0n) is 13.7. The molecule has 3 nitrogen and oxygen atoms in total. The Balaban J connectivity index is 4.48. The van der Waals surface area contributed by atoms with Crippen molar-refractivity contribution in [3.63, 3.8) is 0 Å². The fraction of sp³-hybridized carbons (Fsp3) is 1.00. The number of hydrogen-bond donors (Lipinski definition) is 1. The quantitative estimate of drug-likeness (QED) is 0.269. The molecule has 0 aliphatic rings. The monoisotopic (exact) mass is 322 g/mol. The van der Waals surface area contributed by atoms with E-state index in [1.807, 2.05) is 0 Å². The topological polar surface area (TPSA) is 27.7 Å². The van der Waals surface area contributed by atoms with Gasteiger partial charge in [0.15, 0.2) is 0 Å². The zero-order chi connectivity index (χ0) is 15.1. The van der Waals surface area contributed by atoms with E-state index < -0.39 is 8.80 Å². The third-order valence-electron chi connectivity index (χ3n) is 3.10. The summed E-state index contributed by atoms with van der Waals surface area (Å²) in [5.41, 5.74) is 0. The summed E-state index contributed by atoms with van der Waals surface area (Å²) in [6.07, 6.45) is 7.64. The van der Waals surface area contributed by atoms with Gasteiger partial charge in [-0.25, -0.2) is 0 Å². The van der Waals surface area contributed by atoms with Crippen LogP contribution in [0.15, 0.2) is 0 Å². The van der Waals surface area contributed by atoms with E-state index in [4.69, 9.17) is 13.3 Å². The minimum atomic E-state index is -2.48. The SMILES string of the molecule is CCCCO[Si](CCCS)(OCCCC)OCCCC. The molecule has 0 spiro atoms. The van der Waals surface area contributed by atoms with Crippen LogP contribution in [-0.2, 0) is 13.3 Å². The molecular formula is C15H34O3SSi. The first kappa shape index (κ1) is 20.4. The molecule has 0 amide bonds. The Kier molecular flexibility index (Phi) is 14.7. The van der Waals surface area contributed by atoms with Crippen molar-refractivity contribution in [2.75, 3.05) is 25.6 Å². The number of unbranched alkanes of at least 4 members (excludes halogenated alkanes) is 3. The summed E-state index contributed by atoms with van der Waals surface area (Å²) in [5.74, 6) is 0.861. The van der Waals surface area contributed by atoms with Crippen molar-refractivity contribution in [1.82, 2.24) is 0 Å². The summed E-state index contributed by atoms with van der Waals surface area (Å²) in [4.78, 5) is 0. The summed E-state index contributed by atoms with van der Waals surface area (Å²) < 4.78 is 18.4. The Morgan fingerprint density at radius 3 is 1.40 bits per heavy atom. The molecule has 0 saturated carbocycles. The van der Waals surface area contributed by atoms with E-state index in [0.717, 1.165) is 76.6 Å². The van der Waals surface area contributed by atoms with Crippen LogP contribution in [0, 0.1) is 0 Å². The first-order chi connectivity index (χ1) is 9.74. The third-order valence-corrected chi connectivity index (χ3v) is 6.31. The van der Waals surface area contributed by atoms with Gasteiger partial charge in [-0.3, -0.25) is 0 Å². The molecule has 0 aliphatic carbocycles. The maximum atomic E-state index is 6.13. The fourth-order valence-corrected chi connectivity index (χ4v) is 4.87. The molecule has 0 saturated heterocycles. The van der Waals surface area contributed by atoms with Gasteiger partial charge >= 0.3 is 8.80 Å². The minimum Gasteiger partial charge on any atom is -0.373 e. The summed E-state index contributed by atoms with van der Waals surface area (Å²) in [5, 5.41) is 0. The van der Waals surface area contributed by atoms with Gasteiger partial charge in [0.2, 0.25) is 0 Å². The van der Waals surface area contributed by atoms with Gasteiger partial charge in [0.25, 0.3) is 0 Å². The second-order valence-corrected chi connectivity index (χ2v) is 8.30. The van der Waals surface area contributed by atoms with Crippen LogP contribution in [0.3, 0.4) is 0 Å². The van der Waals surface area contributed by atoms with Crippen molar-refractivity contribution in [3.05, 3.63) is 0 Å². The highest BCUT2D eigenvalue weighted by molar-refractivity contribution is 7.80. The standard InChI is InChI=1S/C15H34O3SSi/c1-4-7-11-16-20(15-10-14-19,17-12-8-5-2)18-13-9-6-3/h19H,4-15H2,1-3H3. The second kappa shape index (κ2) is 14.4. The molecule has 122 valence electrons. The lowest BCUT2D eigenvalue weighted by Gasteiger charge is -2.30. The molecule has 0 rings (SSSR count). The predicted octanol–water partition coefficient (Wildman–Crippen LogP) is 4.70. The average molecular weight is 323 g/mol. The largest absolute Gasteiger partial charge is 0.500 e. The summed E-state index contributed by atoms with van der Waals surface area (Å²) in [7, 11) is -2.48. The van der Waals surface area contributed by atoms with Crippen molar-refractivity contribution in [3.8, 4) is 0 Å². The van der Waals surface area contributed by atoms with Gasteiger partial charge in [-0.1, -0.05) is 40.0 Å². The van der Waals surface area contributed by atoms with Gasteiger partial charge in [0, 0.05) is 25.9 Å².